The van der Waals surface area contributed by atoms with Gasteiger partial charge in [0.05, 0.1) is 18.8 Å². The number of rotatable bonds is 2. The van der Waals surface area contributed by atoms with Gasteiger partial charge in [0.2, 0.25) is 5.85 Å². The summed E-state index contributed by atoms with van der Waals surface area (Å²) in [5.74, 6) is -1.10. The van der Waals surface area contributed by atoms with Gasteiger partial charge in [-0.3, -0.25) is 9.80 Å². The summed E-state index contributed by atoms with van der Waals surface area (Å²) in [6.07, 6.45) is -1.63. The number of nitrogens with zero attached hydrogens (tertiary/aromatic N) is 2. The van der Waals surface area contributed by atoms with Crippen LogP contribution in [0.15, 0.2) is 0 Å². The van der Waals surface area contributed by atoms with Crippen molar-refractivity contribution in [3.8, 4) is 0 Å². The maximum atomic E-state index is 10.4. The second kappa shape index (κ2) is 4.92. The zero-order valence-electron chi connectivity index (χ0n) is 10.9. The molecular formula is C12H22N2O5. The highest BCUT2D eigenvalue weighted by atomic mass is 16.6. The Hall–Kier alpha value is -0.280. The summed E-state index contributed by atoms with van der Waals surface area (Å²) in [5, 5.41) is 39.7. The van der Waals surface area contributed by atoms with Gasteiger partial charge in [-0.2, -0.15) is 0 Å². The Morgan fingerprint density at radius 1 is 0.842 bits per heavy atom. The Labute approximate surface area is 112 Å². The maximum absolute atomic E-state index is 10.4. The number of ether oxygens (including phenoxy) is 1. The van der Waals surface area contributed by atoms with E-state index in [1.165, 1.54) is 0 Å². The van der Waals surface area contributed by atoms with E-state index in [1.807, 2.05) is 4.90 Å². The molecular weight excluding hydrogens is 252 g/mol. The van der Waals surface area contributed by atoms with Crippen LogP contribution < -0.4 is 0 Å². The molecule has 19 heavy (non-hydrogen) atoms. The van der Waals surface area contributed by atoms with Crippen molar-refractivity contribution in [3.05, 3.63) is 0 Å². The van der Waals surface area contributed by atoms with Gasteiger partial charge in [-0.25, -0.2) is 0 Å². The molecule has 7 nitrogen and oxygen atoms in total. The molecule has 0 spiro atoms. The first-order valence-electron chi connectivity index (χ1n) is 6.92. The van der Waals surface area contributed by atoms with E-state index in [-0.39, 0.29) is 19.7 Å². The molecule has 3 saturated heterocycles. The minimum Gasteiger partial charge on any atom is -0.389 e. The molecule has 3 rings (SSSR count). The lowest BCUT2D eigenvalue weighted by Gasteiger charge is -2.46. The van der Waals surface area contributed by atoms with Crippen molar-refractivity contribution in [2.45, 2.75) is 43.1 Å². The molecule has 0 aromatic carbocycles. The van der Waals surface area contributed by atoms with Crippen LogP contribution in [0.25, 0.3) is 0 Å². The van der Waals surface area contributed by atoms with E-state index in [0.29, 0.717) is 0 Å². The quantitative estimate of drug-likeness (QED) is 0.443. The number of hydrogen-bond donors (Lipinski definition) is 4. The Morgan fingerprint density at radius 2 is 1.42 bits per heavy atom. The lowest BCUT2D eigenvalue weighted by molar-refractivity contribution is -0.251. The highest BCUT2D eigenvalue weighted by Crippen LogP contribution is 2.38. The van der Waals surface area contributed by atoms with Gasteiger partial charge in [0.25, 0.3) is 0 Å². The smallest absolute Gasteiger partial charge is 0.209 e. The summed E-state index contributed by atoms with van der Waals surface area (Å²) < 4.78 is 5.76. The molecule has 0 amide bonds. The van der Waals surface area contributed by atoms with Gasteiger partial charge in [0, 0.05) is 26.2 Å². The molecule has 0 aromatic rings. The van der Waals surface area contributed by atoms with E-state index in [2.05, 4.69) is 0 Å². The normalized spacial score (nSPS) is 49.3. The second-order valence-corrected chi connectivity index (χ2v) is 5.72. The van der Waals surface area contributed by atoms with Gasteiger partial charge in [-0.05, 0) is 12.8 Å². The fourth-order valence-electron chi connectivity index (χ4n) is 3.46. The molecule has 0 aromatic heterocycles. The first kappa shape index (κ1) is 13.7. The predicted octanol–water partition coefficient (Wildman–Crippen LogP) is -2.47. The highest BCUT2D eigenvalue weighted by molar-refractivity contribution is 5.02. The van der Waals surface area contributed by atoms with Crippen molar-refractivity contribution < 1.29 is 25.2 Å². The molecule has 0 aliphatic carbocycles. The van der Waals surface area contributed by atoms with Crippen LogP contribution in [0.5, 0.6) is 0 Å². The third-order valence-electron chi connectivity index (χ3n) is 4.49. The van der Waals surface area contributed by atoms with Crippen LogP contribution in [-0.4, -0.2) is 93.3 Å². The van der Waals surface area contributed by atoms with Crippen molar-refractivity contribution in [1.82, 2.24) is 9.80 Å². The Bertz CT molecular complexity index is 328. The second-order valence-electron chi connectivity index (χ2n) is 5.72. The minimum absolute atomic E-state index is 0.0698. The van der Waals surface area contributed by atoms with Crippen molar-refractivity contribution in [2.24, 2.45) is 0 Å². The van der Waals surface area contributed by atoms with E-state index in [1.54, 1.807) is 4.90 Å². The van der Waals surface area contributed by atoms with Crippen LogP contribution in [0.2, 0.25) is 0 Å². The van der Waals surface area contributed by atoms with Gasteiger partial charge in [0.15, 0.2) is 0 Å². The minimum atomic E-state index is -1.10. The Kier molecular flexibility index (Phi) is 3.55. The zero-order chi connectivity index (χ0) is 13.6. The first-order valence-corrected chi connectivity index (χ1v) is 6.92. The third kappa shape index (κ3) is 2.01. The molecule has 2 unspecified atom stereocenters. The Balaban J connectivity index is 1.88. The molecule has 3 aliphatic heterocycles. The summed E-state index contributed by atoms with van der Waals surface area (Å²) in [7, 11) is 0. The lowest BCUT2D eigenvalue weighted by Crippen LogP contribution is -2.66. The molecule has 4 N–H and O–H groups in total. The van der Waals surface area contributed by atoms with Crippen LogP contribution in [0.4, 0.5) is 0 Å². The molecule has 0 saturated carbocycles. The number of hydrogen-bond acceptors (Lipinski definition) is 7. The Morgan fingerprint density at radius 3 is 1.89 bits per heavy atom. The van der Waals surface area contributed by atoms with Crippen LogP contribution >= 0.6 is 0 Å². The molecule has 3 aliphatic rings. The van der Waals surface area contributed by atoms with E-state index < -0.39 is 30.3 Å². The molecule has 3 fully saturated rings. The van der Waals surface area contributed by atoms with Gasteiger partial charge in [0.1, 0.15) is 12.2 Å². The molecule has 0 bridgehead atoms. The number of aliphatic hydroxyl groups excluding tert-OH is 4. The molecule has 5 atom stereocenters. The van der Waals surface area contributed by atoms with Crippen molar-refractivity contribution >= 4 is 0 Å². The monoisotopic (exact) mass is 274 g/mol. The topological polar surface area (TPSA) is 96.6 Å². The van der Waals surface area contributed by atoms with Gasteiger partial charge in [-0.1, -0.05) is 0 Å². The van der Waals surface area contributed by atoms with E-state index in [0.717, 1.165) is 25.9 Å². The van der Waals surface area contributed by atoms with Crippen LogP contribution in [0.3, 0.4) is 0 Å². The SMILES string of the molecule is OC1CN([C@@]2(N3CCCC3)OC[C@@H](O)[C@H]2O)CC1O. The number of β-amino-alcohol motifs (C(OH)–C–C–N with tert-alkyl or cyclic N) is 2. The van der Waals surface area contributed by atoms with E-state index in [4.69, 9.17) is 4.74 Å². The summed E-state index contributed by atoms with van der Waals surface area (Å²) in [6, 6.07) is 0. The average molecular weight is 274 g/mol. The van der Waals surface area contributed by atoms with Gasteiger partial charge in [-0.15, -0.1) is 0 Å². The standard InChI is InChI=1S/C12H22N2O5/c15-8-5-14(6-9(8)16)12(13-3-1-2-4-13)11(18)10(17)7-19-12/h8-11,15-18H,1-7H2/t8?,9?,10-,11-,12-/m1/s1. The fraction of sp³-hybridized carbons (Fsp3) is 1.00. The van der Waals surface area contributed by atoms with Crippen LogP contribution in [0, 0.1) is 0 Å². The van der Waals surface area contributed by atoms with Crippen LogP contribution in [-0.2, 0) is 4.74 Å². The highest BCUT2D eigenvalue weighted by Gasteiger charge is 2.59. The maximum Gasteiger partial charge on any atom is 0.209 e. The van der Waals surface area contributed by atoms with E-state index >= 15 is 0 Å². The molecule has 3 heterocycles. The summed E-state index contributed by atoms with van der Waals surface area (Å²) >= 11 is 0. The summed E-state index contributed by atoms with van der Waals surface area (Å²) in [4.78, 5) is 3.77. The molecule has 0 radical (unpaired) electrons. The van der Waals surface area contributed by atoms with Gasteiger partial charge < -0.3 is 25.2 Å². The van der Waals surface area contributed by atoms with Gasteiger partial charge >= 0.3 is 0 Å². The lowest BCUT2D eigenvalue weighted by atomic mass is 10.1. The third-order valence-corrected chi connectivity index (χ3v) is 4.49. The molecule has 7 heteroatoms. The summed E-state index contributed by atoms with van der Waals surface area (Å²) in [5.41, 5.74) is 0. The van der Waals surface area contributed by atoms with Crippen molar-refractivity contribution in [1.29, 1.82) is 0 Å². The van der Waals surface area contributed by atoms with E-state index in [9.17, 15) is 20.4 Å². The fourth-order valence-corrected chi connectivity index (χ4v) is 3.46. The summed E-state index contributed by atoms with van der Waals surface area (Å²) in [6.45, 7) is 2.11. The van der Waals surface area contributed by atoms with Crippen molar-refractivity contribution in [3.63, 3.8) is 0 Å². The van der Waals surface area contributed by atoms with Crippen molar-refractivity contribution in [2.75, 3.05) is 32.8 Å². The number of likely N-dealkylation sites (tertiary alicyclic amines) is 2. The molecule has 110 valence electrons. The zero-order valence-corrected chi connectivity index (χ0v) is 10.9. The number of aliphatic hydroxyl groups is 4. The first-order chi connectivity index (χ1) is 9.05. The largest absolute Gasteiger partial charge is 0.389 e. The van der Waals surface area contributed by atoms with Crippen LogP contribution in [0.1, 0.15) is 12.8 Å². The average Bonchev–Trinajstić information content (AvgIpc) is 3.06. The predicted molar refractivity (Wildman–Crippen MR) is 65.1 cm³/mol.